The molecule has 0 radical (unpaired) electrons. The molecule has 2 amide bonds. The van der Waals surface area contributed by atoms with E-state index < -0.39 is 17.5 Å². The third kappa shape index (κ3) is 8.08. The molecule has 4 rings (SSSR count). The Kier molecular flexibility index (Phi) is 9.82. The molecule has 0 unspecified atom stereocenters. The van der Waals surface area contributed by atoms with Gasteiger partial charge < -0.3 is 29.5 Å². The van der Waals surface area contributed by atoms with Crippen LogP contribution in [0.3, 0.4) is 0 Å². The van der Waals surface area contributed by atoms with E-state index in [-0.39, 0.29) is 29.7 Å². The molecule has 1 fully saturated rings. The summed E-state index contributed by atoms with van der Waals surface area (Å²) in [5, 5.41) is 12.6. The molecule has 10 heteroatoms. The van der Waals surface area contributed by atoms with E-state index in [1.165, 1.54) is 13.2 Å². The van der Waals surface area contributed by atoms with E-state index >= 15 is 0 Å². The van der Waals surface area contributed by atoms with Gasteiger partial charge in [0.25, 0.3) is 5.91 Å². The number of carbonyl (C=O) groups is 3. The number of amides is 2. The van der Waals surface area contributed by atoms with Gasteiger partial charge in [0, 0.05) is 39.8 Å². The summed E-state index contributed by atoms with van der Waals surface area (Å²) in [6, 6.07) is 19.7. The molecule has 0 saturated carbocycles. The fraction of sp³-hybridized carbons (Fsp3) is 0.344. The SMILES string of the molecule is COCOc1ccc(CN2CCN(C(=O)OC(C)(C)C)CC2)cc1C(=O)Nc1cc(-c2ccccc2)ccc1C(=O)O. The molecule has 3 aromatic rings. The quantitative estimate of drug-likeness (QED) is 0.329. The third-order valence-electron chi connectivity index (χ3n) is 6.66. The molecule has 1 aliphatic heterocycles. The van der Waals surface area contributed by atoms with Crippen LogP contribution < -0.4 is 10.1 Å². The number of nitrogens with zero attached hydrogens (tertiary/aromatic N) is 2. The Morgan fingerprint density at radius 1 is 0.881 bits per heavy atom. The lowest BCUT2D eigenvalue weighted by atomic mass is 10.0. The van der Waals surface area contributed by atoms with Crippen molar-refractivity contribution in [2.75, 3.05) is 45.4 Å². The highest BCUT2D eigenvalue weighted by Crippen LogP contribution is 2.28. The maximum atomic E-state index is 13.6. The maximum Gasteiger partial charge on any atom is 0.410 e. The van der Waals surface area contributed by atoms with Gasteiger partial charge in [0.15, 0.2) is 6.79 Å². The van der Waals surface area contributed by atoms with Crippen LogP contribution in [0.15, 0.2) is 66.7 Å². The second kappa shape index (κ2) is 13.5. The topological polar surface area (TPSA) is 118 Å². The summed E-state index contributed by atoms with van der Waals surface area (Å²) in [6.45, 7) is 8.40. The van der Waals surface area contributed by atoms with Crippen molar-refractivity contribution < 1.29 is 33.7 Å². The molecule has 0 atom stereocenters. The molecule has 0 bridgehead atoms. The second-order valence-corrected chi connectivity index (χ2v) is 11.0. The fourth-order valence-corrected chi connectivity index (χ4v) is 4.61. The van der Waals surface area contributed by atoms with E-state index in [9.17, 15) is 19.5 Å². The molecular formula is C32H37N3O7. The molecule has 0 aromatic heterocycles. The van der Waals surface area contributed by atoms with E-state index in [2.05, 4.69) is 10.2 Å². The van der Waals surface area contributed by atoms with Crippen molar-refractivity contribution in [2.45, 2.75) is 32.9 Å². The Morgan fingerprint density at radius 2 is 1.60 bits per heavy atom. The van der Waals surface area contributed by atoms with Crippen LogP contribution >= 0.6 is 0 Å². The van der Waals surface area contributed by atoms with E-state index in [1.54, 1.807) is 29.2 Å². The van der Waals surface area contributed by atoms with E-state index in [0.717, 1.165) is 16.7 Å². The highest BCUT2D eigenvalue weighted by molar-refractivity contribution is 6.09. The minimum absolute atomic E-state index is 0.0265. The number of rotatable bonds is 9. The molecule has 1 heterocycles. The molecule has 0 spiro atoms. The molecular weight excluding hydrogens is 538 g/mol. The first kappa shape index (κ1) is 30.5. The number of carboxylic acids is 1. The summed E-state index contributed by atoms with van der Waals surface area (Å²) in [5.74, 6) is -1.35. The zero-order chi connectivity index (χ0) is 30.3. The molecule has 42 heavy (non-hydrogen) atoms. The molecule has 1 aliphatic rings. The summed E-state index contributed by atoms with van der Waals surface area (Å²) in [7, 11) is 1.49. The van der Waals surface area contributed by atoms with Crippen LogP contribution in [0.5, 0.6) is 5.75 Å². The first-order valence-corrected chi connectivity index (χ1v) is 13.7. The first-order valence-electron chi connectivity index (χ1n) is 13.7. The number of piperazine rings is 1. The highest BCUT2D eigenvalue weighted by atomic mass is 16.7. The van der Waals surface area contributed by atoms with Crippen molar-refractivity contribution in [3.05, 3.63) is 83.4 Å². The van der Waals surface area contributed by atoms with Crippen molar-refractivity contribution >= 4 is 23.7 Å². The molecule has 2 N–H and O–H groups in total. The minimum atomic E-state index is -1.15. The Hall–Kier alpha value is -4.41. The smallest absolute Gasteiger partial charge is 0.410 e. The summed E-state index contributed by atoms with van der Waals surface area (Å²) in [4.78, 5) is 41.9. The lowest BCUT2D eigenvalue weighted by Crippen LogP contribution is -2.49. The first-order chi connectivity index (χ1) is 20.0. The minimum Gasteiger partial charge on any atom is -0.478 e. The van der Waals surface area contributed by atoms with Gasteiger partial charge >= 0.3 is 12.1 Å². The van der Waals surface area contributed by atoms with Gasteiger partial charge in [-0.1, -0.05) is 42.5 Å². The van der Waals surface area contributed by atoms with Crippen LogP contribution in [-0.2, 0) is 16.0 Å². The second-order valence-electron chi connectivity index (χ2n) is 11.0. The van der Waals surface area contributed by atoms with Gasteiger partial charge in [0.2, 0.25) is 0 Å². The van der Waals surface area contributed by atoms with Gasteiger partial charge in [-0.15, -0.1) is 0 Å². The number of aromatic carboxylic acids is 1. The fourth-order valence-electron chi connectivity index (χ4n) is 4.61. The molecule has 1 saturated heterocycles. The number of benzene rings is 3. The van der Waals surface area contributed by atoms with Gasteiger partial charge in [0.05, 0.1) is 16.8 Å². The number of ether oxygens (including phenoxy) is 3. The monoisotopic (exact) mass is 575 g/mol. The number of carboxylic acid groups (broad SMARTS) is 1. The molecule has 222 valence electrons. The Bertz CT molecular complexity index is 1410. The van der Waals surface area contributed by atoms with E-state index in [1.807, 2.05) is 57.2 Å². The molecule has 0 aliphatic carbocycles. The van der Waals surface area contributed by atoms with Crippen LogP contribution in [0.4, 0.5) is 10.5 Å². The average molecular weight is 576 g/mol. The zero-order valence-electron chi connectivity index (χ0n) is 24.4. The number of hydrogen-bond donors (Lipinski definition) is 2. The average Bonchev–Trinajstić information content (AvgIpc) is 2.96. The van der Waals surface area contributed by atoms with Crippen LogP contribution in [0.25, 0.3) is 11.1 Å². The lowest BCUT2D eigenvalue weighted by molar-refractivity contribution is 0.0138. The molecule has 10 nitrogen and oxygen atoms in total. The lowest BCUT2D eigenvalue weighted by Gasteiger charge is -2.35. The zero-order valence-corrected chi connectivity index (χ0v) is 24.4. The number of anilines is 1. The predicted octanol–water partition coefficient (Wildman–Crippen LogP) is 5.34. The highest BCUT2D eigenvalue weighted by Gasteiger charge is 2.26. The summed E-state index contributed by atoms with van der Waals surface area (Å²) in [5.41, 5.74) is 2.38. The van der Waals surface area contributed by atoms with Gasteiger partial charge in [-0.2, -0.15) is 0 Å². The van der Waals surface area contributed by atoms with Gasteiger partial charge in [-0.25, -0.2) is 9.59 Å². The summed E-state index contributed by atoms with van der Waals surface area (Å²) >= 11 is 0. The van der Waals surface area contributed by atoms with Crippen molar-refractivity contribution in [1.29, 1.82) is 0 Å². The summed E-state index contributed by atoms with van der Waals surface area (Å²) in [6.07, 6.45) is -0.321. The Balaban J connectivity index is 1.53. The number of hydrogen-bond acceptors (Lipinski definition) is 7. The number of nitrogens with one attached hydrogen (secondary N) is 1. The van der Waals surface area contributed by atoms with E-state index in [4.69, 9.17) is 14.2 Å². The molecule has 3 aromatic carbocycles. The largest absolute Gasteiger partial charge is 0.478 e. The summed E-state index contributed by atoms with van der Waals surface area (Å²) < 4.78 is 16.2. The number of carbonyl (C=O) groups excluding carboxylic acids is 2. The van der Waals surface area contributed by atoms with Crippen LogP contribution in [0, 0.1) is 0 Å². The predicted molar refractivity (Wildman–Crippen MR) is 159 cm³/mol. The third-order valence-corrected chi connectivity index (χ3v) is 6.66. The van der Waals surface area contributed by atoms with Crippen LogP contribution in [0.2, 0.25) is 0 Å². The van der Waals surface area contributed by atoms with Gasteiger partial charge in [0.1, 0.15) is 11.4 Å². The maximum absolute atomic E-state index is 13.6. The normalized spacial score (nSPS) is 13.9. The van der Waals surface area contributed by atoms with Gasteiger partial charge in [-0.3, -0.25) is 9.69 Å². The van der Waals surface area contributed by atoms with Crippen molar-refractivity contribution in [3.63, 3.8) is 0 Å². The van der Waals surface area contributed by atoms with Crippen molar-refractivity contribution in [1.82, 2.24) is 9.80 Å². The Labute approximate surface area is 245 Å². The van der Waals surface area contributed by atoms with Gasteiger partial charge in [-0.05, 0) is 61.7 Å². The van der Waals surface area contributed by atoms with Crippen molar-refractivity contribution in [3.8, 4) is 16.9 Å². The number of methoxy groups -OCH3 is 1. The van der Waals surface area contributed by atoms with E-state index in [0.29, 0.717) is 38.5 Å². The van der Waals surface area contributed by atoms with Crippen LogP contribution in [-0.4, -0.2) is 78.6 Å². The Morgan fingerprint density at radius 3 is 2.24 bits per heavy atom. The van der Waals surface area contributed by atoms with Crippen LogP contribution in [0.1, 0.15) is 47.1 Å². The van der Waals surface area contributed by atoms with Crippen molar-refractivity contribution in [2.24, 2.45) is 0 Å². The standard InChI is InChI=1S/C32H37N3O7/c1-32(2,3)42-31(39)35-16-14-34(15-17-35)20-22-10-13-28(41-21-40-4)26(18-22)29(36)33-27-19-24(11-12-25(27)30(37)38)23-8-6-5-7-9-23/h5-13,18-19H,14-17,20-21H2,1-4H3,(H,33,36)(H,37,38).